The van der Waals surface area contributed by atoms with Crippen LogP contribution in [0.4, 0.5) is 4.39 Å². The largest absolute Gasteiger partial charge is 0.370 e. The van der Waals surface area contributed by atoms with Crippen LogP contribution in [0.3, 0.4) is 0 Å². The first-order valence-corrected chi connectivity index (χ1v) is 7.30. The van der Waals surface area contributed by atoms with Crippen molar-refractivity contribution in [2.75, 3.05) is 13.2 Å². The van der Waals surface area contributed by atoms with E-state index in [1.165, 1.54) is 0 Å². The molecule has 1 rings (SSSR count). The van der Waals surface area contributed by atoms with E-state index < -0.39 is 0 Å². The van der Waals surface area contributed by atoms with E-state index in [0.29, 0.717) is 23.1 Å². The fraction of sp³-hybridized carbons (Fsp3) is 0.917. The molecular weight excluding hydrogens is 285 g/mol. The number of hydrogen-bond acceptors (Lipinski definition) is 1. The normalized spacial score (nSPS) is 29.6. The molecule has 0 amide bonds. The van der Waals surface area contributed by atoms with Gasteiger partial charge in [0, 0.05) is 11.4 Å². The Morgan fingerprint density at radius 3 is 2.59 bits per heavy atom. The number of aliphatic imine (C=N–C) groups is 1. The number of rotatable bonds is 5. The van der Waals surface area contributed by atoms with Crippen molar-refractivity contribution < 1.29 is 4.39 Å². The van der Waals surface area contributed by atoms with Gasteiger partial charge in [-0.3, -0.25) is 9.38 Å². The molecule has 0 radical (unpaired) electrons. The molecule has 3 atom stereocenters. The number of nitrogens with zero attached hydrogens (tertiary/aromatic N) is 1. The summed E-state index contributed by atoms with van der Waals surface area (Å²) in [5.74, 6) is 1.36. The second-order valence-corrected chi connectivity index (χ2v) is 6.07. The summed E-state index contributed by atoms with van der Waals surface area (Å²) in [4.78, 5) is 4.63. The van der Waals surface area contributed by atoms with E-state index in [9.17, 15) is 4.39 Å². The lowest BCUT2D eigenvalue weighted by Gasteiger charge is -2.18. The van der Waals surface area contributed by atoms with E-state index in [0.717, 1.165) is 38.6 Å². The summed E-state index contributed by atoms with van der Waals surface area (Å²) in [6, 6.07) is 0. The zero-order valence-electron chi connectivity index (χ0n) is 10.2. The van der Waals surface area contributed by atoms with Crippen molar-refractivity contribution in [3.63, 3.8) is 0 Å². The maximum atomic E-state index is 12.2. The second kappa shape index (κ2) is 7.90. The highest BCUT2D eigenvalue weighted by Crippen LogP contribution is 2.34. The maximum Gasteiger partial charge on any atom is 0.185 e. The third-order valence-electron chi connectivity index (χ3n) is 3.55. The van der Waals surface area contributed by atoms with Crippen LogP contribution >= 0.6 is 15.9 Å². The van der Waals surface area contributed by atoms with E-state index in [4.69, 9.17) is 11.5 Å². The first-order valence-electron chi connectivity index (χ1n) is 6.39. The van der Waals surface area contributed by atoms with Crippen molar-refractivity contribution in [1.82, 2.24) is 0 Å². The topological polar surface area (TPSA) is 64.4 Å². The summed E-state index contributed by atoms with van der Waals surface area (Å²) in [6.45, 7) is 0.533. The third kappa shape index (κ3) is 5.70. The summed E-state index contributed by atoms with van der Waals surface area (Å²) >= 11 is 3.73. The van der Waals surface area contributed by atoms with Crippen molar-refractivity contribution in [2.45, 2.75) is 43.4 Å². The number of alkyl halides is 2. The lowest BCUT2D eigenvalue weighted by atomic mass is 9.94. The van der Waals surface area contributed by atoms with E-state index in [1.54, 1.807) is 0 Å². The van der Waals surface area contributed by atoms with Crippen molar-refractivity contribution in [3.05, 3.63) is 0 Å². The smallest absolute Gasteiger partial charge is 0.185 e. The summed E-state index contributed by atoms with van der Waals surface area (Å²) in [7, 11) is 0. The predicted molar refractivity (Wildman–Crippen MR) is 74.0 cm³/mol. The number of nitrogens with two attached hydrogens (primary N) is 2. The quantitative estimate of drug-likeness (QED) is 0.355. The molecule has 1 aliphatic carbocycles. The van der Waals surface area contributed by atoms with Gasteiger partial charge in [0.25, 0.3) is 0 Å². The van der Waals surface area contributed by atoms with Gasteiger partial charge in [0.05, 0.1) is 6.67 Å². The van der Waals surface area contributed by atoms with Gasteiger partial charge >= 0.3 is 0 Å². The Morgan fingerprint density at radius 1 is 1.24 bits per heavy atom. The lowest BCUT2D eigenvalue weighted by molar-refractivity contribution is 0.376. The van der Waals surface area contributed by atoms with Gasteiger partial charge in [-0.15, -0.1) is 0 Å². The van der Waals surface area contributed by atoms with Gasteiger partial charge < -0.3 is 11.5 Å². The van der Waals surface area contributed by atoms with Crippen LogP contribution in [0.2, 0.25) is 0 Å². The SMILES string of the molecule is NC(N)=NC[C@@H]1CCC(Br)C(CCCF)CC1. The van der Waals surface area contributed by atoms with Crippen LogP contribution < -0.4 is 11.5 Å². The maximum absolute atomic E-state index is 12.2. The highest BCUT2D eigenvalue weighted by molar-refractivity contribution is 9.09. The minimum Gasteiger partial charge on any atom is -0.370 e. The molecule has 17 heavy (non-hydrogen) atoms. The molecule has 5 heteroatoms. The van der Waals surface area contributed by atoms with E-state index in [1.807, 2.05) is 0 Å². The average molecular weight is 308 g/mol. The highest BCUT2D eigenvalue weighted by Gasteiger charge is 2.25. The van der Waals surface area contributed by atoms with Crippen LogP contribution in [-0.2, 0) is 0 Å². The van der Waals surface area contributed by atoms with Gasteiger partial charge in [0.1, 0.15) is 0 Å². The molecule has 0 aliphatic heterocycles. The summed E-state index contributed by atoms with van der Waals surface area (Å²) < 4.78 is 12.2. The van der Waals surface area contributed by atoms with Crippen LogP contribution in [-0.4, -0.2) is 24.0 Å². The molecule has 1 saturated carbocycles. The van der Waals surface area contributed by atoms with Crippen LogP contribution in [0.5, 0.6) is 0 Å². The van der Waals surface area contributed by atoms with Crippen molar-refractivity contribution in [2.24, 2.45) is 28.3 Å². The van der Waals surface area contributed by atoms with E-state index in [-0.39, 0.29) is 12.6 Å². The fourth-order valence-electron chi connectivity index (χ4n) is 2.49. The molecule has 0 aromatic carbocycles. The zero-order valence-corrected chi connectivity index (χ0v) is 11.8. The lowest BCUT2D eigenvalue weighted by Crippen LogP contribution is -2.24. The first kappa shape index (κ1) is 14.7. The standard InChI is InChI=1S/C12H23BrFN3/c13-11-6-4-9(8-17-12(15)16)3-5-10(11)2-1-7-14/h9-11H,1-8H2,(H4,15,16,17)/t9-,10?,11?/m0/s1. The van der Waals surface area contributed by atoms with Gasteiger partial charge in [0.15, 0.2) is 5.96 Å². The van der Waals surface area contributed by atoms with Crippen LogP contribution in [0.1, 0.15) is 38.5 Å². The first-order chi connectivity index (χ1) is 8.13. The van der Waals surface area contributed by atoms with Crippen molar-refractivity contribution in [1.29, 1.82) is 0 Å². The molecule has 0 aromatic heterocycles. The minimum absolute atomic E-state index is 0.179. The summed E-state index contributed by atoms with van der Waals surface area (Å²) in [5, 5.41) is 0. The number of halogens is 2. The molecule has 0 bridgehead atoms. The fourth-order valence-corrected chi connectivity index (χ4v) is 3.28. The van der Waals surface area contributed by atoms with Gasteiger partial charge in [-0.2, -0.15) is 0 Å². The Balaban J connectivity index is 2.39. The molecule has 2 unspecified atom stereocenters. The van der Waals surface area contributed by atoms with Crippen LogP contribution in [0.15, 0.2) is 4.99 Å². The molecule has 100 valence electrons. The zero-order chi connectivity index (χ0) is 12.7. The van der Waals surface area contributed by atoms with Crippen molar-refractivity contribution in [3.8, 4) is 0 Å². The molecule has 0 heterocycles. The Morgan fingerprint density at radius 2 is 1.94 bits per heavy atom. The highest BCUT2D eigenvalue weighted by atomic mass is 79.9. The van der Waals surface area contributed by atoms with Gasteiger partial charge in [-0.1, -0.05) is 15.9 Å². The molecule has 0 saturated heterocycles. The molecule has 1 aliphatic rings. The van der Waals surface area contributed by atoms with E-state index >= 15 is 0 Å². The molecule has 0 aromatic rings. The number of guanidine groups is 1. The molecular formula is C12H23BrFN3. The molecule has 1 fully saturated rings. The summed E-state index contributed by atoms with van der Waals surface area (Å²) in [5.41, 5.74) is 10.7. The Labute approximate surface area is 111 Å². The van der Waals surface area contributed by atoms with Gasteiger partial charge in [0.2, 0.25) is 0 Å². The third-order valence-corrected chi connectivity index (χ3v) is 4.75. The Bertz CT molecular complexity index is 244. The molecule has 4 N–H and O–H groups in total. The molecule has 0 spiro atoms. The van der Waals surface area contributed by atoms with Gasteiger partial charge in [-0.05, 0) is 50.4 Å². The Kier molecular flexibility index (Phi) is 6.85. The number of hydrogen-bond donors (Lipinski definition) is 2. The summed E-state index contributed by atoms with van der Waals surface area (Å²) in [6.07, 6.45) is 6.27. The average Bonchev–Trinajstić information content (AvgIpc) is 2.47. The predicted octanol–water partition coefficient (Wildman–Crippen LogP) is 2.58. The van der Waals surface area contributed by atoms with Crippen molar-refractivity contribution >= 4 is 21.9 Å². The minimum atomic E-state index is -0.201. The van der Waals surface area contributed by atoms with E-state index in [2.05, 4.69) is 20.9 Å². The van der Waals surface area contributed by atoms with Crippen LogP contribution in [0, 0.1) is 11.8 Å². The van der Waals surface area contributed by atoms with Crippen LogP contribution in [0.25, 0.3) is 0 Å². The monoisotopic (exact) mass is 307 g/mol. The molecule has 3 nitrogen and oxygen atoms in total. The second-order valence-electron chi connectivity index (χ2n) is 4.89. The van der Waals surface area contributed by atoms with Gasteiger partial charge in [-0.25, -0.2) is 0 Å². The Hall–Kier alpha value is -0.320.